The lowest BCUT2D eigenvalue weighted by molar-refractivity contribution is -0.693. The Morgan fingerprint density at radius 1 is 0.692 bits per heavy atom. The van der Waals surface area contributed by atoms with Gasteiger partial charge in [-0.15, -0.1) is 0 Å². The fourth-order valence-corrected chi connectivity index (χ4v) is 1.38. The van der Waals surface area contributed by atoms with Crippen LogP contribution in [0.5, 0.6) is 0 Å². The Hall–Kier alpha value is -3.97. The summed E-state index contributed by atoms with van der Waals surface area (Å²) in [7, 11) is -3.45. The summed E-state index contributed by atoms with van der Waals surface area (Å²) in [4.78, 5) is 0. The molecule has 0 fully saturated rings. The molecule has 0 aliphatic rings. The van der Waals surface area contributed by atoms with Gasteiger partial charge in [0, 0.05) is 5.97 Å². The summed E-state index contributed by atoms with van der Waals surface area (Å²) in [5.41, 5.74) is 0. The first-order valence-corrected chi connectivity index (χ1v) is 10.6. The molecule has 39 heavy (non-hydrogen) atoms. The van der Waals surface area contributed by atoms with Gasteiger partial charge in [0.25, 0.3) is 0 Å². The van der Waals surface area contributed by atoms with Crippen LogP contribution in [0, 0.1) is 55.6 Å². The highest BCUT2D eigenvalue weighted by Gasteiger charge is 1.99. The van der Waals surface area contributed by atoms with Gasteiger partial charge in [-0.2, -0.15) is 0 Å². The molecular weight excluding hydrogens is 534 g/mol. The van der Waals surface area contributed by atoms with Crippen molar-refractivity contribution < 1.29 is 49.3 Å². The van der Waals surface area contributed by atoms with Crippen LogP contribution < -0.4 is 14.2 Å². The van der Waals surface area contributed by atoms with Crippen molar-refractivity contribution in [3.05, 3.63) is 37.4 Å². The molecule has 0 amide bonds. The van der Waals surface area contributed by atoms with E-state index in [4.69, 9.17) is 66.5 Å². The fraction of sp³-hybridized carbons (Fsp3) is 0.353. The zero-order valence-corrected chi connectivity index (χ0v) is 22.5. The molecule has 22 heteroatoms. The molecule has 0 bridgehead atoms. The van der Waals surface area contributed by atoms with E-state index in [-0.39, 0.29) is 0 Å². The van der Waals surface area contributed by atoms with Gasteiger partial charge in [0.05, 0.1) is 45.1 Å². The fourth-order valence-electron chi connectivity index (χ4n) is 1.38. The van der Waals surface area contributed by atoms with Gasteiger partial charge in [-0.25, -0.2) is 44.6 Å². The molecule has 17 nitrogen and oxygen atoms in total. The summed E-state index contributed by atoms with van der Waals surface area (Å²) < 4.78 is 8.31. The van der Waals surface area contributed by atoms with Crippen molar-refractivity contribution in [1.29, 1.82) is 26.3 Å². The van der Waals surface area contributed by atoms with Gasteiger partial charge in [-0.05, 0) is 13.8 Å². The second-order valence-electron chi connectivity index (χ2n) is 5.90. The Morgan fingerprint density at radius 3 is 0.949 bits per heavy atom. The van der Waals surface area contributed by atoms with Gasteiger partial charge in [0.2, 0.25) is 12.7 Å². The number of rotatable bonds is 2. The van der Waals surface area contributed by atoms with Gasteiger partial charge >= 0.3 is 28.5 Å². The molecule has 7 N–H and O–H groups in total. The van der Waals surface area contributed by atoms with Crippen molar-refractivity contribution in [1.82, 2.24) is 9.13 Å². The number of nitriles is 5. The molecule has 0 atom stereocenters. The predicted octanol–water partition coefficient (Wildman–Crippen LogP) is -5.86. The highest BCUT2D eigenvalue weighted by atomic mass is 32.1. The highest BCUT2D eigenvalue weighted by Crippen LogP contribution is 1.75. The first-order valence-electron chi connectivity index (χ1n) is 10.2. The van der Waals surface area contributed by atoms with E-state index >= 15 is 0 Å². The van der Waals surface area contributed by atoms with Crippen LogP contribution in [0.1, 0.15) is 13.8 Å². The van der Waals surface area contributed by atoms with Crippen molar-refractivity contribution in [3.8, 4) is 29.3 Å². The van der Waals surface area contributed by atoms with Crippen LogP contribution in [0.4, 0.5) is 0 Å². The molecule has 0 saturated heterocycles. The normalized spacial score (nSPS) is 7.15. The summed E-state index contributed by atoms with van der Waals surface area (Å²) in [6.07, 6.45) is 12.3. The number of imidazole rings is 2. The second kappa shape index (κ2) is 34.0. The molecule has 2 rings (SSSR count). The van der Waals surface area contributed by atoms with Gasteiger partial charge in [0.15, 0.2) is 0 Å². The van der Waals surface area contributed by atoms with E-state index in [2.05, 4.69) is 60.7 Å². The molecule has 2 heterocycles. The minimum atomic E-state index is -2.06. The average molecular weight is 563 g/mol. The van der Waals surface area contributed by atoms with E-state index < -0.39 is 28.5 Å². The van der Waals surface area contributed by atoms with Gasteiger partial charge in [-0.3, -0.25) is 0 Å². The Kier molecular flexibility index (Phi) is 39.3. The van der Waals surface area contributed by atoms with Crippen molar-refractivity contribution >= 4 is 41.1 Å². The largest absolute Gasteiger partial charge is 0.844 e. The molecular formula is C17H29B4N9O8S. The van der Waals surface area contributed by atoms with E-state index in [0.717, 1.165) is 37.0 Å². The summed E-state index contributed by atoms with van der Waals surface area (Å²) in [6.45, 7) is 6.36. The highest BCUT2D eigenvalue weighted by molar-refractivity contribution is 7.64. The molecule has 0 radical (unpaired) electrons. The Bertz CT molecular complexity index is 927. The molecule has 0 spiro atoms. The summed E-state index contributed by atoms with van der Waals surface area (Å²) >= 11 is 3.70. The Balaban J connectivity index is -0.000000118. The van der Waals surface area contributed by atoms with Crippen molar-refractivity contribution in [2.45, 2.75) is 26.9 Å². The maximum atomic E-state index is 9.09. The Labute approximate surface area is 233 Å². The molecule has 0 aliphatic heterocycles. The summed E-state index contributed by atoms with van der Waals surface area (Å²) in [5, 5.41) is 99.8. The van der Waals surface area contributed by atoms with E-state index in [0.29, 0.717) is 0 Å². The minimum absolute atomic E-state index is 1.03. The standard InChI is InChI=1S/2C6H11N2.3CH2BNO2.CHBNO2.CHNS/c2*1-3-8-5-4-7(2)6-8;4*3-1-2(4)5;2-1-3/h2*4-6H,3H2,1-2H3;3*4-5H;4H;3H/q2*+1;;;;-1;/p-1. The average Bonchev–Trinajstić information content (AvgIpc) is 3.53. The van der Waals surface area contributed by atoms with Crippen molar-refractivity contribution in [3.63, 3.8) is 0 Å². The first kappa shape index (κ1) is 45.0. The maximum absolute atomic E-state index is 9.09. The Morgan fingerprint density at radius 2 is 0.897 bits per heavy atom. The first-order chi connectivity index (χ1) is 18.1. The van der Waals surface area contributed by atoms with Crippen molar-refractivity contribution in [2.75, 3.05) is 0 Å². The third-order valence-electron chi connectivity index (χ3n) is 2.83. The van der Waals surface area contributed by atoms with Crippen LogP contribution in [-0.2, 0) is 39.8 Å². The lowest BCUT2D eigenvalue weighted by atomic mass is 9.97. The second-order valence-corrected chi connectivity index (χ2v) is 6.08. The SMILES string of the molecule is CC[n+]1ccn(C)c1.CC[n+]1ccn(C)c1.N#CB(O)O.N#CB(O)O.N#CB(O)O.N#CB([O-])O.N#C[S-]. The number of hydrogen-bond donors (Lipinski definition) is 7. The lowest BCUT2D eigenvalue weighted by Gasteiger charge is -1.90. The number of nitrogens with zero attached hydrogens (tertiary/aromatic N) is 9. The molecule has 2 aromatic heterocycles. The third kappa shape index (κ3) is 51.5. The summed E-state index contributed by atoms with van der Waals surface area (Å²) in [6, 6.07) is 0. The molecule has 2 aromatic rings. The van der Waals surface area contributed by atoms with Crippen LogP contribution >= 0.6 is 0 Å². The van der Waals surface area contributed by atoms with Crippen molar-refractivity contribution in [2.24, 2.45) is 14.1 Å². The zero-order chi connectivity index (χ0) is 31.8. The monoisotopic (exact) mass is 563 g/mol. The van der Waals surface area contributed by atoms with Gasteiger partial charge in [0.1, 0.15) is 24.8 Å². The third-order valence-corrected chi connectivity index (χ3v) is 2.83. The molecule has 0 aromatic carbocycles. The van der Waals surface area contributed by atoms with E-state index in [1.807, 2.05) is 35.6 Å². The summed E-state index contributed by atoms with van der Waals surface area (Å²) in [5.74, 6) is 4.44. The predicted molar refractivity (Wildman–Crippen MR) is 137 cm³/mol. The van der Waals surface area contributed by atoms with Gasteiger partial charge < -0.3 is 52.8 Å². The zero-order valence-electron chi connectivity index (χ0n) is 21.7. The van der Waals surface area contributed by atoms with Crippen LogP contribution in [0.25, 0.3) is 0 Å². The van der Waals surface area contributed by atoms with E-state index in [1.54, 1.807) is 0 Å². The minimum Gasteiger partial charge on any atom is -0.844 e. The molecule has 0 aliphatic carbocycles. The van der Waals surface area contributed by atoms with Crippen LogP contribution in [0.2, 0.25) is 0 Å². The number of aryl methyl sites for hydroxylation is 4. The quantitative estimate of drug-likeness (QED) is 0.0776. The number of thiocyanates is 1. The topological polar surface area (TPSA) is 301 Å². The smallest absolute Gasteiger partial charge is 0.573 e. The molecule has 0 saturated carbocycles. The molecule has 0 unspecified atom stereocenters. The number of hydrogen-bond acceptors (Lipinski definition) is 14. The lowest BCUT2D eigenvalue weighted by Crippen LogP contribution is -2.28. The van der Waals surface area contributed by atoms with Crippen LogP contribution in [0.3, 0.4) is 0 Å². The van der Waals surface area contributed by atoms with E-state index in [1.165, 1.54) is 5.40 Å². The van der Waals surface area contributed by atoms with Crippen LogP contribution in [-0.4, -0.2) is 72.8 Å². The maximum Gasteiger partial charge on any atom is 0.573 e. The van der Waals surface area contributed by atoms with Gasteiger partial charge in [-0.1, -0.05) is 5.40 Å². The molecule has 208 valence electrons. The van der Waals surface area contributed by atoms with E-state index in [9.17, 15) is 0 Å². The van der Waals surface area contributed by atoms with Crippen LogP contribution in [0.15, 0.2) is 37.4 Å². The number of aromatic nitrogens is 4.